The highest BCUT2D eigenvalue weighted by Gasteiger charge is 2.18. The molecule has 1 nitrogen and oxygen atoms in total. The number of nitrogens with zero attached hydrogens (tertiary/aromatic N) is 1. The molecule has 0 aliphatic rings. The van der Waals surface area contributed by atoms with Crippen molar-refractivity contribution in [3.63, 3.8) is 0 Å². The lowest BCUT2D eigenvalue weighted by atomic mass is 9.90. The fraction of sp³-hybridized carbons (Fsp3) is 0.233. The number of rotatable bonds is 3. The van der Waals surface area contributed by atoms with E-state index >= 15 is 0 Å². The van der Waals surface area contributed by atoms with Gasteiger partial charge in [-0.25, -0.2) is 4.57 Å². The minimum Gasteiger partial charge on any atom is -0.201 e. The summed E-state index contributed by atoms with van der Waals surface area (Å²) in [6, 6.07) is 22.5. The zero-order chi connectivity index (χ0) is 22.3. The summed E-state index contributed by atoms with van der Waals surface area (Å²) in [5.74, 6) is 0. The van der Waals surface area contributed by atoms with Crippen LogP contribution in [0, 0.1) is 41.5 Å². The van der Waals surface area contributed by atoms with E-state index in [0.29, 0.717) is 0 Å². The van der Waals surface area contributed by atoms with E-state index in [9.17, 15) is 0 Å². The van der Waals surface area contributed by atoms with Gasteiger partial charge >= 0.3 is 0 Å². The first kappa shape index (κ1) is 21.1. The third kappa shape index (κ3) is 3.93. The van der Waals surface area contributed by atoms with Gasteiger partial charge in [-0.2, -0.15) is 0 Å². The van der Waals surface area contributed by atoms with E-state index in [0.717, 1.165) is 0 Å². The Morgan fingerprint density at radius 3 is 1.87 bits per heavy atom. The highest BCUT2D eigenvalue weighted by molar-refractivity contribution is 5.79. The van der Waals surface area contributed by atoms with Crippen molar-refractivity contribution in [3.05, 3.63) is 100 Å². The largest absolute Gasteiger partial charge is 0.213 e. The zero-order valence-electron chi connectivity index (χ0n) is 19.8. The topological polar surface area (TPSA) is 3.88 Å². The van der Waals surface area contributed by atoms with Crippen LogP contribution in [-0.2, 0) is 7.05 Å². The van der Waals surface area contributed by atoms with Crippen molar-refractivity contribution in [2.45, 2.75) is 41.5 Å². The predicted molar refractivity (Wildman–Crippen MR) is 132 cm³/mol. The van der Waals surface area contributed by atoms with Crippen molar-refractivity contribution >= 4 is 0 Å². The second-order valence-electron chi connectivity index (χ2n) is 8.98. The SMILES string of the molecule is Cc1cc(C)c(-c2cc[n+](C)c(-c3cc(-c4ccccc4C)c(C)cc3C)c2)c(C)c1. The quantitative estimate of drug-likeness (QED) is 0.313. The minimum atomic E-state index is 1.24. The second kappa shape index (κ2) is 8.15. The van der Waals surface area contributed by atoms with Gasteiger partial charge in [0, 0.05) is 17.7 Å². The lowest BCUT2D eigenvalue weighted by Crippen LogP contribution is -2.30. The Kier molecular flexibility index (Phi) is 5.54. The van der Waals surface area contributed by atoms with Crippen molar-refractivity contribution < 1.29 is 4.57 Å². The molecule has 0 spiro atoms. The van der Waals surface area contributed by atoms with Crippen molar-refractivity contribution in [1.82, 2.24) is 0 Å². The van der Waals surface area contributed by atoms with Crippen LogP contribution in [0.2, 0.25) is 0 Å². The van der Waals surface area contributed by atoms with Crippen LogP contribution in [-0.4, -0.2) is 0 Å². The Bertz CT molecular complexity index is 1270. The van der Waals surface area contributed by atoms with Gasteiger partial charge in [-0.1, -0.05) is 48.0 Å². The molecule has 3 aromatic carbocycles. The number of hydrogen-bond donors (Lipinski definition) is 0. The summed E-state index contributed by atoms with van der Waals surface area (Å²) in [7, 11) is 2.14. The van der Waals surface area contributed by atoms with Gasteiger partial charge in [-0.15, -0.1) is 0 Å². The molecule has 1 heteroatoms. The fourth-order valence-electron chi connectivity index (χ4n) is 4.92. The maximum atomic E-state index is 2.38. The predicted octanol–water partition coefficient (Wildman–Crippen LogP) is 7.36. The molecule has 0 fully saturated rings. The first-order valence-corrected chi connectivity index (χ1v) is 11.0. The molecule has 1 heterocycles. The number of benzene rings is 3. The Morgan fingerprint density at radius 1 is 0.548 bits per heavy atom. The minimum absolute atomic E-state index is 1.24. The molecule has 0 bridgehead atoms. The summed E-state index contributed by atoms with van der Waals surface area (Å²) in [6.45, 7) is 13.2. The average Bonchev–Trinajstić information content (AvgIpc) is 2.70. The number of aromatic nitrogens is 1. The molecular weight excluding hydrogens is 374 g/mol. The fourth-order valence-corrected chi connectivity index (χ4v) is 4.92. The van der Waals surface area contributed by atoms with Crippen LogP contribution in [0.5, 0.6) is 0 Å². The number of pyridine rings is 1. The second-order valence-corrected chi connectivity index (χ2v) is 8.98. The van der Waals surface area contributed by atoms with Crippen LogP contribution in [0.4, 0.5) is 0 Å². The third-order valence-corrected chi connectivity index (χ3v) is 6.40. The first-order valence-electron chi connectivity index (χ1n) is 11.0. The molecule has 4 aromatic rings. The van der Waals surface area contributed by atoms with Crippen LogP contribution in [0.1, 0.15) is 33.4 Å². The normalized spacial score (nSPS) is 11.1. The van der Waals surface area contributed by atoms with Gasteiger partial charge in [-0.05, 0) is 97.7 Å². The van der Waals surface area contributed by atoms with E-state index < -0.39 is 0 Å². The number of hydrogen-bond acceptors (Lipinski definition) is 0. The molecule has 0 saturated carbocycles. The average molecular weight is 407 g/mol. The van der Waals surface area contributed by atoms with E-state index in [-0.39, 0.29) is 0 Å². The van der Waals surface area contributed by atoms with E-state index in [1.165, 1.54) is 66.9 Å². The molecular formula is C30H32N+. The zero-order valence-corrected chi connectivity index (χ0v) is 19.8. The summed E-state index contributed by atoms with van der Waals surface area (Å²) in [6.07, 6.45) is 2.19. The molecule has 0 saturated heterocycles. The van der Waals surface area contributed by atoms with E-state index in [4.69, 9.17) is 0 Å². The van der Waals surface area contributed by atoms with Crippen molar-refractivity contribution in [2.75, 3.05) is 0 Å². The molecule has 31 heavy (non-hydrogen) atoms. The molecule has 156 valence electrons. The summed E-state index contributed by atoms with van der Waals surface area (Å²) >= 11 is 0. The first-order chi connectivity index (χ1) is 14.8. The summed E-state index contributed by atoms with van der Waals surface area (Å²) in [5, 5.41) is 0. The molecule has 4 rings (SSSR count). The third-order valence-electron chi connectivity index (χ3n) is 6.40. The summed E-state index contributed by atoms with van der Waals surface area (Å²) < 4.78 is 2.24. The molecule has 0 radical (unpaired) electrons. The molecule has 0 amide bonds. The Labute approximate surface area is 187 Å². The lowest BCUT2D eigenvalue weighted by molar-refractivity contribution is -0.660. The standard InChI is InChI=1S/C30H32N/c1-19-14-23(5)30(24(6)15-19)25-12-13-31(7)29(17-25)28-18-27(21(3)16-22(28)4)26-11-9-8-10-20(26)2/h8-18H,1-7H3/q+1. The van der Waals surface area contributed by atoms with Gasteiger partial charge in [0.15, 0.2) is 6.20 Å². The Morgan fingerprint density at radius 2 is 1.19 bits per heavy atom. The van der Waals surface area contributed by atoms with Crippen LogP contribution in [0.15, 0.2) is 66.9 Å². The highest BCUT2D eigenvalue weighted by Crippen LogP contribution is 2.35. The van der Waals surface area contributed by atoms with Crippen molar-refractivity contribution in [3.8, 4) is 33.5 Å². The number of aryl methyl sites for hydroxylation is 7. The van der Waals surface area contributed by atoms with Crippen molar-refractivity contribution in [2.24, 2.45) is 7.05 Å². The highest BCUT2D eigenvalue weighted by atomic mass is 14.9. The smallest absolute Gasteiger partial charge is 0.201 e. The summed E-state index contributed by atoms with van der Waals surface area (Å²) in [5.41, 5.74) is 15.7. The molecule has 0 aliphatic carbocycles. The monoisotopic (exact) mass is 406 g/mol. The van der Waals surface area contributed by atoms with Crippen LogP contribution >= 0.6 is 0 Å². The van der Waals surface area contributed by atoms with Gasteiger partial charge in [0.1, 0.15) is 7.05 Å². The van der Waals surface area contributed by atoms with Gasteiger partial charge < -0.3 is 0 Å². The van der Waals surface area contributed by atoms with E-state index in [1.807, 2.05) is 0 Å². The maximum Gasteiger partial charge on any atom is 0.213 e. The van der Waals surface area contributed by atoms with Gasteiger partial charge in [0.2, 0.25) is 5.69 Å². The summed E-state index contributed by atoms with van der Waals surface area (Å²) in [4.78, 5) is 0. The van der Waals surface area contributed by atoms with E-state index in [1.54, 1.807) is 0 Å². The van der Waals surface area contributed by atoms with Gasteiger partial charge in [0.25, 0.3) is 0 Å². The lowest BCUT2D eigenvalue weighted by Gasteiger charge is -2.15. The molecule has 1 aromatic heterocycles. The Hall–Kier alpha value is -3.19. The van der Waals surface area contributed by atoms with Crippen molar-refractivity contribution in [1.29, 1.82) is 0 Å². The molecule has 0 aliphatic heterocycles. The molecule has 0 N–H and O–H groups in total. The van der Waals surface area contributed by atoms with Crippen LogP contribution in [0.25, 0.3) is 33.5 Å². The van der Waals surface area contributed by atoms with Gasteiger partial charge in [0.05, 0.1) is 0 Å². The Balaban J connectivity index is 1.93. The van der Waals surface area contributed by atoms with Crippen LogP contribution in [0.3, 0.4) is 0 Å². The maximum absolute atomic E-state index is 2.38. The van der Waals surface area contributed by atoms with E-state index in [2.05, 4.69) is 120 Å². The van der Waals surface area contributed by atoms with Crippen LogP contribution < -0.4 is 4.57 Å². The van der Waals surface area contributed by atoms with Gasteiger partial charge in [-0.3, -0.25) is 0 Å². The molecule has 0 atom stereocenters. The molecule has 0 unspecified atom stereocenters.